The predicted molar refractivity (Wildman–Crippen MR) is 139 cm³/mol. The number of nitrogens with zero attached hydrogens (tertiary/aromatic N) is 1. The van der Waals surface area contributed by atoms with Gasteiger partial charge >= 0.3 is 17.8 Å². The van der Waals surface area contributed by atoms with Crippen LogP contribution >= 0.6 is 0 Å². The minimum absolute atomic E-state index is 0.174. The van der Waals surface area contributed by atoms with E-state index in [1.165, 1.54) is 16.8 Å². The van der Waals surface area contributed by atoms with E-state index in [2.05, 4.69) is 10.3 Å². The average Bonchev–Trinajstić information content (AvgIpc) is 3.34. The number of aromatic amines is 1. The molecule has 1 amide bonds. The molecule has 4 rings (SSSR count). The minimum atomic E-state index is -1.18. The molecule has 2 fully saturated rings. The standard InChI is InChI=1S/C27H35N3O10/c1-26(2,3)40-25(34)28-17(14-35-13-16-9-7-6-8-10-16)23(32)36-15-18-20-21(39-27(4,5)38-20)22(37-18)30-12-11-19(31)29-24(30)33/h6-12,17-18,20-22H,13-15H2,1-5H3,(H,28,34)(H,29,31,33)/t17-,18+,20+,21+,22+/m0/s1. The van der Waals surface area contributed by atoms with Gasteiger partial charge in [-0.15, -0.1) is 0 Å². The molecule has 0 aliphatic carbocycles. The second-order valence-corrected chi connectivity index (χ2v) is 11.0. The van der Waals surface area contributed by atoms with Crippen molar-refractivity contribution >= 4 is 12.1 Å². The zero-order valence-corrected chi connectivity index (χ0v) is 23.1. The fraction of sp³-hybridized carbons (Fsp3) is 0.556. The largest absolute Gasteiger partial charge is 0.461 e. The lowest BCUT2D eigenvalue weighted by molar-refractivity contribution is -0.203. The van der Waals surface area contributed by atoms with Crippen LogP contribution in [-0.4, -0.2) is 70.6 Å². The fourth-order valence-corrected chi connectivity index (χ4v) is 4.40. The molecule has 218 valence electrons. The van der Waals surface area contributed by atoms with Crippen LogP contribution in [0, 0.1) is 0 Å². The van der Waals surface area contributed by atoms with Crippen LogP contribution < -0.4 is 16.6 Å². The Balaban J connectivity index is 1.43. The van der Waals surface area contributed by atoms with Gasteiger partial charge in [0.25, 0.3) is 5.56 Å². The van der Waals surface area contributed by atoms with Crippen LogP contribution in [0.3, 0.4) is 0 Å². The number of hydrogen-bond acceptors (Lipinski definition) is 10. The van der Waals surface area contributed by atoms with Crippen molar-refractivity contribution in [1.29, 1.82) is 0 Å². The van der Waals surface area contributed by atoms with Crippen LogP contribution in [0.4, 0.5) is 4.79 Å². The van der Waals surface area contributed by atoms with Crippen LogP contribution in [-0.2, 0) is 39.8 Å². The first-order valence-electron chi connectivity index (χ1n) is 12.9. The maximum atomic E-state index is 13.1. The summed E-state index contributed by atoms with van der Waals surface area (Å²) in [7, 11) is 0. The SMILES string of the molecule is CC(C)(C)OC(=O)N[C@@H](COCc1ccccc1)C(=O)OC[C@H]1O[C@@H](n2ccc(=O)[nH]c2=O)[C@@H]2OC(C)(C)O[C@@H]21. The van der Waals surface area contributed by atoms with Crippen molar-refractivity contribution in [1.82, 2.24) is 14.9 Å². The van der Waals surface area contributed by atoms with Crippen LogP contribution in [0.2, 0.25) is 0 Å². The van der Waals surface area contributed by atoms with Crippen molar-refractivity contribution in [2.45, 2.75) is 83.2 Å². The molecule has 5 atom stereocenters. The van der Waals surface area contributed by atoms with Gasteiger partial charge in [-0.1, -0.05) is 30.3 Å². The van der Waals surface area contributed by atoms with Crippen LogP contribution in [0.25, 0.3) is 0 Å². The first-order chi connectivity index (χ1) is 18.8. The third kappa shape index (κ3) is 7.56. The summed E-state index contributed by atoms with van der Waals surface area (Å²) in [4.78, 5) is 51.7. The van der Waals surface area contributed by atoms with Crippen LogP contribution in [0.15, 0.2) is 52.2 Å². The van der Waals surface area contributed by atoms with Crippen molar-refractivity contribution in [3.05, 3.63) is 69.0 Å². The summed E-state index contributed by atoms with van der Waals surface area (Å²) in [5, 5.41) is 2.51. The average molecular weight is 562 g/mol. The van der Waals surface area contributed by atoms with Crippen molar-refractivity contribution in [3.8, 4) is 0 Å². The highest BCUT2D eigenvalue weighted by molar-refractivity contribution is 5.81. The Kier molecular flexibility index (Phi) is 8.78. The molecule has 0 unspecified atom stereocenters. The van der Waals surface area contributed by atoms with Gasteiger partial charge in [0, 0.05) is 12.3 Å². The van der Waals surface area contributed by atoms with E-state index in [0.29, 0.717) is 0 Å². The van der Waals surface area contributed by atoms with Gasteiger partial charge in [0.2, 0.25) is 0 Å². The molecule has 1 aromatic heterocycles. The van der Waals surface area contributed by atoms with Gasteiger partial charge in [-0.25, -0.2) is 14.4 Å². The number of nitrogens with one attached hydrogen (secondary N) is 2. The van der Waals surface area contributed by atoms with E-state index in [-0.39, 0.29) is 19.8 Å². The second kappa shape index (κ2) is 11.9. The molecule has 2 aliphatic heterocycles. The highest BCUT2D eigenvalue weighted by atomic mass is 16.8. The number of carbonyl (C=O) groups is 2. The third-order valence-electron chi connectivity index (χ3n) is 6.01. The summed E-state index contributed by atoms with van der Waals surface area (Å²) >= 11 is 0. The number of rotatable bonds is 9. The van der Waals surface area contributed by atoms with E-state index in [1.807, 2.05) is 30.3 Å². The number of aromatic nitrogens is 2. The lowest BCUT2D eigenvalue weighted by Crippen LogP contribution is -2.47. The van der Waals surface area contributed by atoms with Gasteiger partial charge in [-0.2, -0.15) is 0 Å². The van der Waals surface area contributed by atoms with Gasteiger partial charge in [-0.3, -0.25) is 14.3 Å². The maximum Gasteiger partial charge on any atom is 0.408 e. The normalized spacial score (nSPS) is 24.2. The zero-order chi connectivity index (χ0) is 29.1. The summed E-state index contributed by atoms with van der Waals surface area (Å²) in [6.45, 7) is 8.31. The molecule has 0 radical (unpaired) electrons. The lowest BCUT2D eigenvalue weighted by atomic mass is 10.1. The number of hydrogen-bond donors (Lipinski definition) is 2. The molecule has 3 heterocycles. The van der Waals surface area contributed by atoms with Crippen molar-refractivity contribution < 1.29 is 38.0 Å². The Hall–Kier alpha value is -3.52. The molecule has 13 nitrogen and oxygen atoms in total. The van der Waals surface area contributed by atoms with Crippen molar-refractivity contribution in [2.75, 3.05) is 13.2 Å². The number of alkyl carbamates (subject to hydrolysis) is 1. The Morgan fingerprint density at radius 1 is 1.10 bits per heavy atom. The van der Waals surface area contributed by atoms with E-state index in [0.717, 1.165) is 5.56 Å². The van der Waals surface area contributed by atoms with Crippen molar-refractivity contribution in [3.63, 3.8) is 0 Å². The smallest absolute Gasteiger partial charge is 0.408 e. The van der Waals surface area contributed by atoms with Gasteiger partial charge in [-0.05, 0) is 40.2 Å². The molecule has 2 aromatic rings. The first-order valence-corrected chi connectivity index (χ1v) is 12.9. The Labute approximate surface area is 230 Å². The number of ether oxygens (including phenoxy) is 6. The van der Waals surface area contributed by atoms with Gasteiger partial charge in [0.1, 0.15) is 30.5 Å². The number of H-pyrrole nitrogens is 1. The molecule has 0 bridgehead atoms. The monoisotopic (exact) mass is 561 g/mol. The number of amides is 1. The Morgan fingerprint density at radius 2 is 1.80 bits per heavy atom. The van der Waals surface area contributed by atoms with Crippen LogP contribution in [0.5, 0.6) is 0 Å². The van der Waals surface area contributed by atoms with E-state index >= 15 is 0 Å². The summed E-state index contributed by atoms with van der Waals surface area (Å²) in [5.41, 5.74) is -1.12. The quantitative estimate of drug-likeness (QED) is 0.431. The predicted octanol–water partition coefficient (Wildman–Crippen LogP) is 1.61. The molecular weight excluding hydrogens is 526 g/mol. The number of esters is 1. The van der Waals surface area contributed by atoms with E-state index in [1.54, 1.807) is 34.6 Å². The molecule has 2 saturated heterocycles. The molecule has 0 spiro atoms. The third-order valence-corrected chi connectivity index (χ3v) is 6.01. The van der Waals surface area contributed by atoms with Crippen molar-refractivity contribution in [2.24, 2.45) is 0 Å². The maximum absolute atomic E-state index is 13.1. The Bertz CT molecular complexity index is 1300. The fourth-order valence-electron chi connectivity index (χ4n) is 4.40. The number of benzene rings is 1. The number of carbonyl (C=O) groups excluding carboxylic acids is 2. The highest BCUT2D eigenvalue weighted by Gasteiger charge is 2.56. The zero-order valence-electron chi connectivity index (χ0n) is 23.1. The Morgan fingerprint density at radius 3 is 2.48 bits per heavy atom. The minimum Gasteiger partial charge on any atom is -0.461 e. The lowest BCUT2D eigenvalue weighted by Gasteiger charge is -2.25. The molecule has 0 saturated carbocycles. The first kappa shape index (κ1) is 29.5. The summed E-state index contributed by atoms with van der Waals surface area (Å²) in [6.07, 6.45) is -2.65. The van der Waals surface area contributed by atoms with Gasteiger partial charge in [0.05, 0.1) is 13.2 Å². The van der Waals surface area contributed by atoms with E-state index < -0.39 is 65.3 Å². The summed E-state index contributed by atoms with van der Waals surface area (Å²) < 4.78 is 35.7. The van der Waals surface area contributed by atoms with Crippen LogP contribution in [0.1, 0.15) is 46.4 Å². The molecule has 40 heavy (non-hydrogen) atoms. The number of fused-ring (bicyclic) bond motifs is 1. The highest BCUT2D eigenvalue weighted by Crippen LogP contribution is 2.42. The van der Waals surface area contributed by atoms with Gasteiger partial charge in [0.15, 0.2) is 18.1 Å². The molecule has 1 aromatic carbocycles. The molecular formula is C27H35N3O10. The molecule has 13 heteroatoms. The summed E-state index contributed by atoms with van der Waals surface area (Å²) in [5.74, 6) is -1.76. The summed E-state index contributed by atoms with van der Waals surface area (Å²) in [6, 6.07) is 9.37. The van der Waals surface area contributed by atoms with E-state index in [9.17, 15) is 19.2 Å². The van der Waals surface area contributed by atoms with E-state index in [4.69, 9.17) is 28.4 Å². The topological polar surface area (TPSA) is 156 Å². The molecule has 2 aliphatic rings. The van der Waals surface area contributed by atoms with Gasteiger partial charge < -0.3 is 33.7 Å². The second-order valence-electron chi connectivity index (χ2n) is 11.0. The molecule has 2 N–H and O–H groups in total.